The van der Waals surface area contributed by atoms with E-state index < -0.39 is 6.61 Å². The fourth-order valence-corrected chi connectivity index (χ4v) is 3.25. The molecule has 0 aromatic heterocycles. The van der Waals surface area contributed by atoms with Crippen molar-refractivity contribution in [3.05, 3.63) is 41.5 Å². The third-order valence-electron chi connectivity index (χ3n) is 4.43. The van der Waals surface area contributed by atoms with Crippen molar-refractivity contribution in [1.29, 1.82) is 0 Å². The van der Waals surface area contributed by atoms with E-state index in [9.17, 15) is 13.6 Å². The summed E-state index contributed by atoms with van der Waals surface area (Å²) in [4.78, 5) is 12.1. The lowest BCUT2D eigenvalue weighted by Crippen LogP contribution is -2.10. The zero-order chi connectivity index (χ0) is 19.6. The fourth-order valence-electron chi connectivity index (χ4n) is 3.25. The zero-order valence-corrected chi connectivity index (χ0v) is 15.6. The Hall–Kier alpha value is -2.63. The summed E-state index contributed by atoms with van der Waals surface area (Å²) >= 11 is 0. The predicted octanol–water partition coefficient (Wildman–Crippen LogP) is 5.13. The predicted molar refractivity (Wildman–Crippen MR) is 98.0 cm³/mol. The molecule has 0 N–H and O–H groups in total. The third kappa shape index (κ3) is 3.89. The summed E-state index contributed by atoms with van der Waals surface area (Å²) in [7, 11) is 1.39. The van der Waals surface area contributed by atoms with Gasteiger partial charge in [-0.2, -0.15) is 8.78 Å². The molecule has 2 aromatic rings. The van der Waals surface area contributed by atoms with E-state index in [1.54, 1.807) is 24.3 Å². The number of rotatable bonds is 7. The van der Waals surface area contributed by atoms with Crippen molar-refractivity contribution in [3.63, 3.8) is 0 Å². The van der Waals surface area contributed by atoms with Crippen LogP contribution in [0.15, 0.2) is 30.3 Å². The van der Waals surface area contributed by atoms with Crippen molar-refractivity contribution in [3.8, 4) is 28.4 Å². The number of benzene rings is 2. The van der Waals surface area contributed by atoms with Gasteiger partial charge in [0.25, 0.3) is 0 Å². The molecule has 0 heterocycles. The molecule has 0 spiro atoms. The lowest BCUT2D eigenvalue weighted by atomic mass is 9.95. The van der Waals surface area contributed by atoms with Crippen LogP contribution in [0.3, 0.4) is 0 Å². The van der Waals surface area contributed by atoms with Crippen LogP contribution in [-0.4, -0.2) is 26.1 Å². The van der Waals surface area contributed by atoms with Gasteiger partial charge < -0.3 is 14.2 Å². The average Bonchev–Trinajstić information content (AvgIpc) is 3.01. The number of Topliss-reactive ketones (excluding diaryl/α,β-unsaturated/α-hetero) is 1. The van der Waals surface area contributed by atoms with E-state index >= 15 is 0 Å². The monoisotopic (exact) mass is 376 g/mol. The molecule has 0 radical (unpaired) electrons. The number of methoxy groups -OCH3 is 1. The number of fused-ring (bicyclic) bond motifs is 1. The molecule has 27 heavy (non-hydrogen) atoms. The van der Waals surface area contributed by atoms with Crippen LogP contribution >= 0.6 is 0 Å². The van der Waals surface area contributed by atoms with Gasteiger partial charge in [-0.1, -0.05) is 32.0 Å². The van der Waals surface area contributed by atoms with Crippen molar-refractivity contribution >= 4 is 5.78 Å². The first kappa shape index (κ1) is 19.1. The van der Waals surface area contributed by atoms with Crippen molar-refractivity contribution in [2.45, 2.75) is 33.3 Å². The normalized spacial score (nSPS) is 13.2. The van der Waals surface area contributed by atoms with Gasteiger partial charge in [-0.05, 0) is 35.6 Å². The van der Waals surface area contributed by atoms with Crippen LogP contribution in [0.2, 0.25) is 0 Å². The molecular weight excluding hydrogens is 354 g/mol. The Morgan fingerprint density at radius 1 is 1.00 bits per heavy atom. The Balaban J connectivity index is 2.19. The molecule has 0 saturated heterocycles. The molecule has 2 aromatic carbocycles. The Morgan fingerprint density at radius 2 is 1.74 bits per heavy atom. The van der Waals surface area contributed by atoms with Gasteiger partial charge in [0.2, 0.25) is 5.75 Å². The zero-order valence-electron chi connectivity index (χ0n) is 15.6. The summed E-state index contributed by atoms with van der Waals surface area (Å²) in [6.45, 7) is 1.24. The molecule has 0 fully saturated rings. The maximum atomic E-state index is 13.0. The summed E-state index contributed by atoms with van der Waals surface area (Å²) in [5.74, 6) is 0.519. The van der Waals surface area contributed by atoms with Crippen molar-refractivity contribution < 1.29 is 27.8 Å². The second kappa shape index (κ2) is 7.94. The molecule has 0 aliphatic heterocycles. The molecule has 4 nitrogen and oxygen atoms in total. The van der Waals surface area contributed by atoms with Crippen LogP contribution in [0.4, 0.5) is 8.78 Å². The standard InChI is InChI=1S/C21H22F2O4/c1-12(2)11-26-19-16(8-10-18(25-3)20(19)27-21(22)23)13-5-4-6-15-14(13)7-9-17(15)24/h4-6,8,10,12,21H,7,9,11H2,1-3H3. The van der Waals surface area contributed by atoms with Gasteiger partial charge in [-0.3, -0.25) is 4.79 Å². The molecular formula is C21H22F2O4. The molecule has 0 unspecified atom stereocenters. The highest BCUT2D eigenvalue weighted by atomic mass is 19.3. The van der Waals surface area contributed by atoms with Crippen LogP contribution < -0.4 is 14.2 Å². The highest BCUT2D eigenvalue weighted by molar-refractivity contribution is 6.02. The van der Waals surface area contributed by atoms with Gasteiger partial charge in [-0.25, -0.2) is 0 Å². The lowest BCUT2D eigenvalue weighted by Gasteiger charge is -2.20. The largest absolute Gasteiger partial charge is 0.493 e. The summed E-state index contributed by atoms with van der Waals surface area (Å²) in [6, 6.07) is 8.79. The Labute approximate surface area is 157 Å². The number of carbonyl (C=O) groups is 1. The van der Waals surface area contributed by atoms with E-state index in [0.717, 1.165) is 11.1 Å². The minimum atomic E-state index is -3.02. The van der Waals surface area contributed by atoms with Gasteiger partial charge in [0.1, 0.15) is 0 Å². The molecule has 0 amide bonds. The molecule has 0 saturated carbocycles. The molecule has 6 heteroatoms. The first-order valence-electron chi connectivity index (χ1n) is 8.86. The fraction of sp³-hybridized carbons (Fsp3) is 0.381. The smallest absolute Gasteiger partial charge is 0.387 e. The maximum Gasteiger partial charge on any atom is 0.387 e. The van der Waals surface area contributed by atoms with Gasteiger partial charge in [0.05, 0.1) is 13.7 Å². The van der Waals surface area contributed by atoms with E-state index in [1.165, 1.54) is 7.11 Å². The minimum Gasteiger partial charge on any atom is -0.493 e. The van der Waals surface area contributed by atoms with Gasteiger partial charge in [0, 0.05) is 17.5 Å². The molecule has 1 aliphatic rings. The quantitative estimate of drug-likeness (QED) is 0.672. The summed E-state index contributed by atoms with van der Waals surface area (Å²) in [6.07, 6.45) is 1.07. The number of alkyl halides is 2. The molecule has 0 atom stereocenters. The summed E-state index contributed by atoms with van der Waals surface area (Å²) in [5.41, 5.74) is 2.98. The highest BCUT2D eigenvalue weighted by Crippen LogP contribution is 2.47. The molecule has 1 aliphatic carbocycles. The number of carbonyl (C=O) groups excluding carboxylic acids is 1. The summed E-state index contributed by atoms with van der Waals surface area (Å²) in [5, 5.41) is 0. The molecule has 0 bridgehead atoms. The highest BCUT2D eigenvalue weighted by Gasteiger charge is 2.27. The van der Waals surface area contributed by atoms with Gasteiger partial charge in [0.15, 0.2) is 17.3 Å². The third-order valence-corrected chi connectivity index (χ3v) is 4.43. The Kier molecular flexibility index (Phi) is 5.63. The van der Waals surface area contributed by atoms with E-state index in [0.29, 0.717) is 30.6 Å². The van der Waals surface area contributed by atoms with Crippen molar-refractivity contribution in [2.75, 3.05) is 13.7 Å². The minimum absolute atomic E-state index is 0.0917. The number of hydrogen-bond acceptors (Lipinski definition) is 4. The first-order chi connectivity index (χ1) is 12.9. The Bertz CT molecular complexity index is 846. The second-order valence-electron chi connectivity index (χ2n) is 6.81. The van der Waals surface area contributed by atoms with E-state index in [-0.39, 0.29) is 28.9 Å². The maximum absolute atomic E-state index is 13.0. The van der Waals surface area contributed by atoms with E-state index in [2.05, 4.69) is 0 Å². The summed E-state index contributed by atoms with van der Waals surface area (Å²) < 4.78 is 41.9. The van der Waals surface area contributed by atoms with Crippen LogP contribution in [0.5, 0.6) is 17.2 Å². The topological polar surface area (TPSA) is 44.8 Å². The van der Waals surface area contributed by atoms with Crippen LogP contribution in [0, 0.1) is 5.92 Å². The van der Waals surface area contributed by atoms with Crippen molar-refractivity contribution in [1.82, 2.24) is 0 Å². The number of ether oxygens (including phenoxy) is 3. The van der Waals surface area contributed by atoms with E-state index in [1.807, 2.05) is 19.9 Å². The van der Waals surface area contributed by atoms with Crippen molar-refractivity contribution in [2.24, 2.45) is 5.92 Å². The van der Waals surface area contributed by atoms with Crippen LogP contribution in [0.1, 0.15) is 36.2 Å². The van der Waals surface area contributed by atoms with Crippen LogP contribution in [-0.2, 0) is 6.42 Å². The second-order valence-corrected chi connectivity index (χ2v) is 6.81. The molecule has 144 valence electrons. The molecule has 3 rings (SSSR count). The number of ketones is 1. The van der Waals surface area contributed by atoms with E-state index in [4.69, 9.17) is 14.2 Å². The lowest BCUT2D eigenvalue weighted by molar-refractivity contribution is -0.0529. The first-order valence-corrected chi connectivity index (χ1v) is 8.86. The van der Waals surface area contributed by atoms with Gasteiger partial charge in [-0.15, -0.1) is 0 Å². The van der Waals surface area contributed by atoms with Crippen LogP contribution in [0.25, 0.3) is 11.1 Å². The van der Waals surface area contributed by atoms with Gasteiger partial charge >= 0.3 is 6.61 Å². The number of hydrogen-bond donors (Lipinski definition) is 0. The SMILES string of the molecule is COc1ccc(-c2cccc3c2CCC3=O)c(OCC(C)C)c1OC(F)F. The average molecular weight is 376 g/mol. The Morgan fingerprint density at radius 3 is 2.41 bits per heavy atom. The number of halogens is 2.